The van der Waals surface area contributed by atoms with Gasteiger partial charge in [0.05, 0.1) is 6.42 Å². The van der Waals surface area contributed by atoms with Gasteiger partial charge in [0.1, 0.15) is 5.82 Å². The molecule has 6 nitrogen and oxygen atoms in total. The van der Waals surface area contributed by atoms with Gasteiger partial charge in [0.2, 0.25) is 5.91 Å². The molecule has 1 fully saturated rings. The fourth-order valence-corrected chi connectivity index (χ4v) is 3.91. The Labute approximate surface area is 163 Å². The van der Waals surface area contributed by atoms with Crippen LogP contribution in [-0.2, 0) is 11.2 Å². The maximum Gasteiger partial charge on any atom is 0.252 e. The molecule has 0 bridgehead atoms. The predicted molar refractivity (Wildman–Crippen MR) is 105 cm³/mol. The zero-order chi connectivity index (χ0) is 19.7. The molecule has 0 radical (unpaired) electrons. The maximum absolute atomic E-state index is 13.0. The Morgan fingerprint density at radius 2 is 1.86 bits per heavy atom. The number of benzene rings is 1. The molecule has 0 atom stereocenters. The first-order valence-electron chi connectivity index (χ1n) is 9.79. The molecule has 2 aromatic heterocycles. The van der Waals surface area contributed by atoms with Gasteiger partial charge in [0.15, 0.2) is 5.82 Å². The Morgan fingerprint density at radius 1 is 1.14 bits per heavy atom. The molecular weight excluding hydrogens is 357 g/mol. The van der Waals surface area contributed by atoms with E-state index in [1.54, 1.807) is 16.6 Å². The summed E-state index contributed by atoms with van der Waals surface area (Å²) in [4.78, 5) is 21.7. The predicted octanol–water partition coefficient (Wildman–Crippen LogP) is 4.11. The third-order valence-electron chi connectivity index (χ3n) is 5.50. The largest absolute Gasteiger partial charge is 0.326 e. The summed E-state index contributed by atoms with van der Waals surface area (Å²) in [6.07, 6.45) is 6.16. The smallest absolute Gasteiger partial charge is 0.252 e. The molecule has 0 saturated heterocycles. The SMILES string of the molecule is Cc1nc2nc(C3CCCCC3)nn2c(C)c1CC(=O)Nc1ccc(F)cc1. The lowest BCUT2D eigenvalue weighted by atomic mass is 9.89. The van der Waals surface area contributed by atoms with Gasteiger partial charge in [-0.15, -0.1) is 5.10 Å². The standard InChI is InChI=1S/C21H24FN5O/c1-13-18(12-19(28)24-17-10-8-16(22)9-11-17)14(2)27-21(23-13)25-20(26-27)15-6-4-3-5-7-15/h8-11,15H,3-7,12H2,1-2H3,(H,24,28). The number of fused-ring (bicyclic) bond motifs is 1. The van der Waals surface area contributed by atoms with Crippen LogP contribution in [0.4, 0.5) is 10.1 Å². The lowest BCUT2D eigenvalue weighted by Crippen LogP contribution is -2.17. The van der Waals surface area contributed by atoms with E-state index in [1.165, 1.54) is 31.4 Å². The van der Waals surface area contributed by atoms with Crippen LogP contribution in [0.25, 0.3) is 5.78 Å². The molecule has 1 aromatic carbocycles. The molecule has 1 saturated carbocycles. The van der Waals surface area contributed by atoms with Crippen LogP contribution in [0, 0.1) is 19.7 Å². The second kappa shape index (κ2) is 7.66. The minimum Gasteiger partial charge on any atom is -0.326 e. The normalized spacial score (nSPS) is 15.1. The van der Waals surface area contributed by atoms with E-state index in [-0.39, 0.29) is 18.1 Å². The lowest BCUT2D eigenvalue weighted by molar-refractivity contribution is -0.115. The van der Waals surface area contributed by atoms with Crippen LogP contribution in [0.1, 0.15) is 60.8 Å². The van der Waals surface area contributed by atoms with Gasteiger partial charge in [-0.2, -0.15) is 4.98 Å². The third-order valence-corrected chi connectivity index (χ3v) is 5.50. The van der Waals surface area contributed by atoms with Gasteiger partial charge < -0.3 is 5.32 Å². The van der Waals surface area contributed by atoms with Crippen molar-refractivity contribution in [2.45, 2.75) is 58.3 Å². The second-order valence-corrected chi connectivity index (χ2v) is 7.51. The van der Waals surface area contributed by atoms with Crippen molar-refractivity contribution >= 4 is 17.4 Å². The van der Waals surface area contributed by atoms with Crippen molar-refractivity contribution in [2.24, 2.45) is 0 Å². The van der Waals surface area contributed by atoms with Crippen LogP contribution in [0.3, 0.4) is 0 Å². The molecule has 28 heavy (non-hydrogen) atoms. The number of nitrogens with zero attached hydrogens (tertiary/aromatic N) is 4. The fraction of sp³-hybridized carbons (Fsp3) is 0.429. The number of carbonyl (C=O) groups is 1. The van der Waals surface area contributed by atoms with Crippen LogP contribution in [0.5, 0.6) is 0 Å². The monoisotopic (exact) mass is 381 g/mol. The Balaban J connectivity index is 1.57. The number of nitrogens with one attached hydrogen (secondary N) is 1. The summed E-state index contributed by atoms with van der Waals surface area (Å²) in [5.74, 6) is 1.35. The summed E-state index contributed by atoms with van der Waals surface area (Å²) >= 11 is 0. The average Bonchev–Trinajstić information content (AvgIpc) is 3.12. The molecule has 1 amide bonds. The lowest BCUT2D eigenvalue weighted by Gasteiger charge is -2.17. The Kier molecular flexibility index (Phi) is 5.07. The summed E-state index contributed by atoms with van der Waals surface area (Å²) in [5.41, 5.74) is 3.07. The first-order chi connectivity index (χ1) is 13.5. The molecule has 0 spiro atoms. The van der Waals surface area contributed by atoms with Crippen molar-refractivity contribution in [1.29, 1.82) is 0 Å². The molecule has 0 aliphatic heterocycles. The summed E-state index contributed by atoms with van der Waals surface area (Å²) < 4.78 is 14.8. The first-order valence-corrected chi connectivity index (χ1v) is 9.79. The van der Waals surface area contributed by atoms with E-state index in [2.05, 4.69) is 15.3 Å². The average molecular weight is 381 g/mol. The second-order valence-electron chi connectivity index (χ2n) is 7.51. The van der Waals surface area contributed by atoms with Crippen LogP contribution in [0.15, 0.2) is 24.3 Å². The number of aromatic nitrogens is 4. The number of amides is 1. The van der Waals surface area contributed by atoms with Crippen molar-refractivity contribution in [2.75, 3.05) is 5.32 Å². The van der Waals surface area contributed by atoms with Gasteiger partial charge in [-0.3, -0.25) is 4.79 Å². The highest BCUT2D eigenvalue weighted by Crippen LogP contribution is 2.31. The highest BCUT2D eigenvalue weighted by molar-refractivity contribution is 5.92. The van der Waals surface area contributed by atoms with Gasteiger partial charge in [-0.1, -0.05) is 19.3 Å². The molecule has 3 aromatic rings. The van der Waals surface area contributed by atoms with E-state index in [0.717, 1.165) is 35.6 Å². The van der Waals surface area contributed by atoms with Crippen molar-refractivity contribution < 1.29 is 9.18 Å². The molecule has 1 aliphatic rings. The summed E-state index contributed by atoms with van der Waals surface area (Å²) in [6.45, 7) is 3.84. The van der Waals surface area contributed by atoms with E-state index in [1.807, 2.05) is 13.8 Å². The van der Waals surface area contributed by atoms with E-state index in [4.69, 9.17) is 5.10 Å². The number of carbonyl (C=O) groups excluding carboxylic acids is 1. The molecule has 1 N–H and O–H groups in total. The number of anilines is 1. The van der Waals surface area contributed by atoms with E-state index in [9.17, 15) is 9.18 Å². The number of hydrogen-bond acceptors (Lipinski definition) is 4. The van der Waals surface area contributed by atoms with E-state index < -0.39 is 0 Å². The van der Waals surface area contributed by atoms with E-state index >= 15 is 0 Å². The van der Waals surface area contributed by atoms with Gasteiger partial charge >= 0.3 is 0 Å². The van der Waals surface area contributed by atoms with Crippen molar-refractivity contribution in [3.63, 3.8) is 0 Å². The molecule has 1 aliphatic carbocycles. The third kappa shape index (κ3) is 3.74. The van der Waals surface area contributed by atoms with Gasteiger partial charge in [-0.05, 0) is 51.0 Å². The quantitative estimate of drug-likeness (QED) is 0.738. The van der Waals surface area contributed by atoms with Crippen molar-refractivity contribution in [3.05, 3.63) is 52.9 Å². The Morgan fingerprint density at radius 3 is 2.57 bits per heavy atom. The zero-order valence-electron chi connectivity index (χ0n) is 16.2. The molecule has 7 heteroatoms. The number of hydrogen-bond donors (Lipinski definition) is 1. The van der Waals surface area contributed by atoms with Crippen LogP contribution in [0.2, 0.25) is 0 Å². The summed E-state index contributed by atoms with van der Waals surface area (Å²) in [5, 5.41) is 7.51. The van der Waals surface area contributed by atoms with Gasteiger partial charge in [0.25, 0.3) is 5.78 Å². The zero-order valence-corrected chi connectivity index (χ0v) is 16.2. The van der Waals surface area contributed by atoms with E-state index in [0.29, 0.717) is 17.4 Å². The molecule has 0 unspecified atom stereocenters. The van der Waals surface area contributed by atoms with Crippen LogP contribution in [-0.4, -0.2) is 25.5 Å². The van der Waals surface area contributed by atoms with Crippen molar-refractivity contribution in [1.82, 2.24) is 19.6 Å². The molecule has 2 heterocycles. The topological polar surface area (TPSA) is 72.2 Å². The van der Waals surface area contributed by atoms with Gasteiger partial charge in [0, 0.05) is 28.6 Å². The number of aryl methyl sites for hydroxylation is 2. The summed E-state index contributed by atoms with van der Waals surface area (Å²) in [7, 11) is 0. The van der Waals surface area contributed by atoms with Crippen molar-refractivity contribution in [3.8, 4) is 0 Å². The highest BCUT2D eigenvalue weighted by atomic mass is 19.1. The van der Waals surface area contributed by atoms with Crippen LogP contribution >= 0.6 is 0 Å². The minimum absolute atomic E-state index is 0.174. The Bertz CT molecular complexity index is 1010. The van der Waals surface area contributed by atoms with Gasteiger partial charge in [-0.25, -0.2) is 13.9 Å². The minimum atomic E-state index is -0.334. The number of rotatable bonds is 4. The molecule has 146 valence electrons. The maximum atomic E-state index is 13.0. The number of halogens is 1. The molecule has 4 rings (SSSR count). The summed E-state index contributed by atoms with van der Waals surface area (Å²) in [6, 6.07) is 5.73. The fourth-order valence-electron chi connectivity index (χ4n) is 3.91. The Hall–Kier alpha value is -2.83. The van der Waals surface area contributed by atoms with Crippen LogP contribution < -0.4 is 5.32 Å². The first kappa shape index (κ1) is 18.5. The molecular formula is C21H24FN5O. The highest BCUT2D eigenvalue weighted by Gasteiger charge is 2.22.